The summed E-state index contributed by atoms with van der Waals surface area (Å²) in [6.45, 7) is 4.65. The van der Waals surface area contributed by atoms with Crippen LogP contribution in [0.2, 0.25) is 0 Å². The van der Waals surface area contributed by atoms with Gasteiger partial charge in [-0.15, -0.1) is 0 Å². The van der Waals surface area contributed by atoms with Crippen LogP contribution >= 0.6 is 0 Å². The smallest absolute Gasteiger partial charge is 0.0898 e. The highest BCUT2D eigenvalue weighted by Crippen LogP contribution is 2.43. The molecule has 0 saturated heterocycles. The van der Waals surface area contributed by atoms with Crippen LogP contribution in [0.25, 0.3) is 5.57 Å². The molecular weight excluding hydrogens is 308 g/mol. The molecule has 1 aromatic carbocycles. The van der Waals surface area contributed by atoms with Gasteiger partial charge < -0.3 is 15.7 Å². The zero-order valence-corrected chi connectivity index (χ0v) is 16.3. The van der Waals surface area contributed by atoms with Gasteiger partial charge >= 0.3 is 0 Å². The second kappa shape index (κ2) is 6.77. The van der Waals surface area contributed by atoms with Crippen LogP contribution in [0.1, 0.15) is 69.9 Å². The highest BCUT2D eigenvalue weighted by atomic mass is 16.3. The predicted molar refractivity (Wildman–Crippen MR) is 106 cm³/mol. The number of aliphatic hydroxyl groups is 1. The molecule has 0 heterocycles. The molecule has 2 aliphatic carbocycles. The first kappa shape index (κ1) is 18.5. The Labute approximate surface area is 152 Å². The Hall–Kier alpha value is -1.32. The molecule has 3 N–H and O–H groups in total. The minimum Gasteiger partial charge on any atom is -0.398 e. The molecule has 3 nitrogen and oxygen atoms in total. The minimum absolute atomic E-state index is 0.388. The van der Waals surface area contributed by atoms with Crippen molar-refractivity contribution < 1.29 is 5.11 Å². The first-order chi connectivity index (χ1) is 11.7. The van der Waals surface area contributed by atoms with Crippen molar-refractivity contribution in [3.63, 3.8) is 0 Å². The lowest BCUT2D eigenvalue weighted by atomic mass is 9.74. The maximum absolute atomic E-state index is 11.3. The Morgan fingerprint density at radius 3 is 2.36 bits per heavy atom. The van der Waals surface area contributed by atoms with E-state index >= 15 is 0 Å². The summed E-state index contributed by atoms with van der Waals surface area (Å²) < 4.78 is 0. The number of nitrogens with two attached hydrogens (primary N) is 1. The lowest BCUT2D eigenvalue weighted by Crippen LogP contribution is -2.39. The molecule has 138 valence electrons. The summed E-state index contributed by atoms with van der Waals surface area (Å²) in [5.74, 6) is 0. The number of allylic oxidation sites excluding steroid dienone is 2. The van der Waals surface area contributed by atoms with Gasteiger partial charge in [0.25, 0.3) is 0 Å². The number of nitrogen functional groups attached to an aromatic ring is 1. The van der Waals surface area contributed by atoms with E-state index in [1.807, 2.05) is 12.1 Å². The SMILES string of the molecule is CN(C)C1CCC(O)(c2ccc(N)c(C3=CCC(C)(C)CC3)c2)CC1. The molecule has 0 amide bonds. The van der Waals surface area contributed by atoms with Crippen LogP contribution < -0.4 is 5.73 Å². The van der Waals surface area contributed by atoms with E-state index in [1.165, 1.54) is 12.0 Å². The fraction of sp³-hybridized carbons (Fsp3) is 0.636. The van der Waals surface area contributed by atoms with E-state index in [2.05, 4.69) is 45.0 Å². The molecule has 2 aliphatic rings. The molecule has 1 aromatic rings. The van der Waals surface area contributed by atoms with Crippen LogP contribution in [0.4, 0.5) is 5.69 Å². The van der Waals surface area contributed by atoms with Crippen molar-refractivity contribution in [2.75, 3.05) is 19.8 Å². The van der Waals surface area contributed by atoms with Gasteiger partial charge in [-0.25, -0.2) is 0 Å². The van der Waals surface area contributed by atoms with E-state index in [-0.39, 0.29) is 0 Å². The van der Waals surface area contributed by atoms with Crippen LogP contribution in [0.15, 0.2) is 24.3 Å². The van der Waals surface area contributed by atoms with Gasteiger partial charge in [-0.1, -0.05) is 26.0 Å². The average molecular weight is 343 g/mol. The van der Waals surface area contributed by atoms with Crippen molar-refractivity contribution in [1.29, 1.82) is 0 Å². The third-order valence-electron chi connectivity index (χ3n) is 6.42. The van der Waals surface area contributed by atoms with Gasteiger partial charge in [0.15, 0.2) is 0 Å². The van der Waals surface area contributed by atoms with Gasteiger partial charge in [-0.3, -0.25) is 0 Å². The molecule has 25 heavy (non-hydrogen) atoms. The molecule has 0 atom stereocenters. The van der Waals surface area contributed by atoms with E-state index in [0.717, 1.165) is 55.3 Å². The highest BCUT2D eigenvalue weighted by Gasteiger charge is 2.36. The summed E-state index contributed by atoms with van der Waals surface area (Å²) in [5.41, 5.74) is 10.3. The first-order valence-electron chi connectivity index (χ1n) is 9.68. The fourth-order valence-electron chi connectivity index (χ4n) is 4.33. The van der Waals surface area contributed by atoms with E-state index in [1.54, 1.807) is 0 Å². The molecule has 0 spiro atoms. The Kier molecular flexibility index (Phi) is 5.00. The van der Waals surface area contributed by atoms with Crippen molar-refractivity contribution in [2.24, 2.45) is 5.41 Å². The molecule has 0 unspecified atom stereocenters. The quantitative estimate of drug-likeness (QED) is 0.792. The van der Waals surface area contributed by atoms with E-state index in [9.17, 15) is 5.11 Å². The van der Waals surface area contributed by atoms with Crippen LogP contribution in [-0.2, 0) is 5.60 Å². The largest absolute Gasteiger partial charge is 0.398 e. The number of nitrogens with zero attached hydrogens (tertiary/aromatic N) is 1. The van der Waals surface area contributed by atoms with Gasteiger partial charge in [0.05, 0.1) is 5.60 Å². The summed E-state index contributed by atoms with van der Waals surface area (Å²) in [4.78, 5) is 2.28. The van der Waals surface area contributed by atoms with E-state index in [0.29, 0.717) is 11.5 Å². The zero-order chi connectivity index (χ0) is 18.2. The molecule has 0 aromatic heterocycles. The number of rotatable bonds is 3. The summed E-state index contributed by atoms with van der Waals surface area (Å²) in [5, 5.41) is 11.3. The molecule has 3 rings (SSSR count). The summed E-state index contributed by atoms with van der Waals surface area (Å²) in [7, 11) is 4.26. The van der Waals surface area contributed by atoms with E-state index < -0.39 is 5.60 Å². The average Bonchev–Trinajstić information content (AvgIpc) is 2.56. The molecule has 0 radical (unpaired) electrons. The molecule has 1 saturated carbocycles. The lowest BCUT2D eigenvalue weighted by Gasteiger charge is -2.39. The Balaban J connectivity index is 1.84. The second-order valence-corrected chi connectivity index (χ2v) is 9.13. The third kappa shape index (κ3) is 3.93. The van der Waals surface area contributed by atoms with Gasteiger partial charge in [0.1, 0.15) is 0 Å². The topological polar surface area (TPSA) is 49.5 Å². The van der Waals surface area contributed by atoms with Crippen LogP contribution in [0.3, 0.4) is 0 Å². The fourth-order valence-corrected chi connectivity index (χ4v) is 4.33. The molecule has 0 bridgehead atoms. The maximum atomic E-state index is 11.3. The monoisotopic (exact) mass is 342 g/mol. The Morgan fingerprint density at radius 1 is 1.12 bits per heavy atom. The van der Waals surface area contributed by atoms with Gasteiger partial charge in [0, 0.05) is 17.3 Å². The summed E-state index contributed by atoms with van der Waals surface area (Å²) in [6, 6.07) is 6.76. The maximum Gasteiger partial charge on any atom is 0.0898 e. The molecular formula is C22H34N2O. The van der Waals surface area contributed by atoms with E-state index in [4.69, 9.17) is 5.73 Å². The zero-order valence-electron chi connectivity index (χ0n) is 16.3. The number of hydrogen-bond donors (Lipinski definition) is 2. The Morgan fingerprint density at radius 2 is 1.80 bits per heavy atom. The minimum atomic E-state index is -0.705. The predicted octanol–water partition coefficient (Wildman–Crippen LogP) is 4.55. The van der Waals surface area contributed by atoms with Gasteiger partial charge in [-0.05, 0) is 87.7 Å². The number of hydrogen-bond acceptors (Lipinski definition) is 3. The first-order valence-corrected chi connectivity index (χ1v) is 9.68. The van der Waals surface area contributed by atoms with Crippen LogP contribution in [-0.4, -0.2) is 30.1 Å². The standard InChI is InChI=1S/C22H34N2O/c1-21(2)11-7-16(8-12-21)19-15-17(5-6-20(19)23)22(25)13-9-18(10-14-22)24(3)4/h5-7,15,18,25H,8-14,23H2,1-4H3. The molecule has 3 heteroatoms. The third-order valence-corrected chi connectivity index (χ3v) is 6.42. The highest BCUT2D eigenvalue weighted by molar-refractivity contribution is 5.76. The second-order valence-electron chi connectivity index (χ2n) is 9.13. The van der Waals surface area contributed by atoms with Crippen LogP contribution in [0, 0.1) is 5.41 Å². The lowest BCUT2D eigenvalue weighted by molar-refractivity contribution is -0.0190. The van der Waals surface area contributed by atoms with Gasteiger partial charge in [-0.2, -0.15) is 0 Å². The summed E-state index contributed by atoms with van der Waals surface area (Å²) in [6.07, 6.45) is 9.45. The Bertz CT molecular complexity index is 652. The summed E-state index contributed by atoms with van der Waals surface area (Å²) >= 11 is 0. The normalized spacial score (nSPS) is 29.5. The van der Waals surface area contributed by atoms with Gasteiger partial charge in [0.2, 0.25) is 0 Å². The molecule has 1 fully saturated rings. The van der Waals surface area contributed by atoms with Crippen molar-refractivity contribution in [1.82, 2.24) is 4.90 Å². The molecule has 0 aliphatic heterocycles. The van der Waals surface area contributed by atoms with Crippen LogP contribution in [0.5, 0.6) is 0 Å². The number of anilines is 1. The van der Waals surface area contributed by atoms with Crippen molar-refractivity contribution >= 4 is 11.3 Å². The van der Waals surface area contributed by atoms with Crippen molar-refractivity contribution in [3.8, 4) is 0 Å². The number of benzene rings is 1. The van der Waals surface area contributed by atoms with Crippen molar-refractivity contribution in [3.05, 3.63) is 35.4 Å². The van der Waals surface area contributed by atoms with Crippen molar-refractivity contribution in [2.45, 2.75) is 70.4 Å².